The van der Waals surface area contributed by atoms with Crippen molar-refractivity contribution in [3.05, 3.63) is 27.7 Å². The largest absolute Gasteiger partial charge is 0.502 e. The number of morpholine rings is 1. The molecule has 0 radical (unpaired) electrons. The fraction of sp³-hybridized carbons (Fsp3) is 0.500. The Balaban J connectivity index is 1.78. The maximum absolute atomic E-state index is 12.5. The van der Waals surface area contributed by atoms with Gasteiger partial charge in [-0.25, -0.2) is 4.79 Å². The minimum Gasteiger partial charge on any atom is -0.502 e. The molecule has 1 amide bonds. The number of nitrogens with one attached hydrogen (secondary N) is 1. The van der Waals surface area contributed by atoms with Gasteiger partial charge in [-0.3, -0.25) is 19.2 Å². The van der Waals surface area contributed by atoms with Gasteiger partial charge in [0.25, 0.3) is 5.91 Å². The van der Waals surface area contributed by atoms with Crippen LogP contribution >= 0.6 is 0 Å². The van der Waals surface area contributed by atoms with Crippen LogP contribution in [0.5, 0.6) is 5.75 Å². The number of hydrogen-bond donors (Lipinski definition) is 3. The number of carboxylic acid groups (broad SMARTS) is 1. The summed E-state index contributed by atoms with van der Waals surface area (Å²) in [5.74, 6) is -2.84. The van der Waals surface area contributed by atoms with E-state index in [1.165, 1.54) is 4.90 Å². The molecule has 0 bridgehead atoms. The molecule has 1 aromatic rings. The molecule has 1 fully saturated rings. The van der Waals surface area contributed by atoms with Crippen molar-refractivity contribution < 1.29 is 24.5 Å². The maximum Gasteiger partial charge on any atom is 0.341 e. The van der Waals surface area contributed by atoms with Crippen LogP contribution in [0.25, 0.3) is 0 Å². The number of carboxylic acids is 1. The number of ether oxygens (including phenoxy) is 1. The Morgan fingerprint density at radius 1 is 1.25 bits per heavy atom. The lowest BCUT2D eigenvalue weighted by atomic mass is 10.2. The number of aromatic nitrogens is 1. The highest BCUT2D eigenvalue weighted by Crippen LogP contribution is 2.18. The monoisotopic (exact) mass is 338 g/mol. The highest BCUT2D eigenvalue weighted by atomic mass is 16.5. The van der Waals surface area contributed by atoms with Gasteiger partial charge >= 0.3 is 5.97 Å². The zero-order chi connectivity index (χ0) is 17.3. The zero-order valence-electron chi connectivity index (χ0n) is 12.9. The topological polar surface area (TPSA) is 124 Å². The first-order valence-electron chi connectivity index (χ1n) is 7.54. The van der Waals surface area contributed by atoms with Crippen molar-refractivity contribution in [1.29, 1.82) is 0 Å². The van der Waals surface area contributed by atoms with E-state index < -0.39 is 28.6 Å². The number of rotatable bonds is 4. The average Bonchev–Trinajstić information content (AvgIpc) is 2.57. The Hall–Kier alpha value is -2.59. The van der Waals surface area contributed by atoms with Crippen LogP contribution in [0.1, 0.15) is 20.8 Å². The summed E-state index contributed by atoms with van der Waals surface area (Å²) < 4.78 is 6.36. The van der Waals surface area contributed by atoms with Gasteiger partial charge in [-0.1, -0.05) is 0 Å². The molecule has 10 nitrogen and oxygen atoms in total. The smallest absolute Gasteiger partial charge is 0.341 e. The summed E-state index contributed by atoms with van der Waals surface area (Å²) in [6.07, 6.45) is 1.01. The Morgan fingerprint density at radius 3 is 2.62 bits per heavy atom. The molecule has 2 aliphatic heterocycles. The van der Waals surface area contributed by atoms with E-state index in [2.05, 4.69) is 10.3 Å². The van der Waals surface area contributed by atoms with Gasteiger partial charge in [-0.2, -0.15) is 0 Å². The molecule has 0 saturated carbocycles. The molecule has 0 atom stereocenters. The van der Waals surface area contributed by atoms with Crippen molar-refractivity contribution in [3.63, 3.8) is 0 Å². The van der Waals surface area contributed by atoms with Crippen LogP contribution in [0.3, 0.4) is 0 Å². The second-order valence-electron chi connectivity index (χ2n) is 5.58. The highest BCUT2D eigenvalue weighted by Gasteiger charge is 2.30. The molecule has 1 saturated heterocycles. The van der Waals surface area contributed by atoms with Crippen molar-refractivity contribution in [2.24, 2.45) is 0 Å². The first kappa shape index (κ1) is 16.3. The highest BCUT2D eigenvalue weighted by molar-refractivity contribution is 5.97. The van der Waals surface area contributed by atoms with Gasteiger partial charge in [0.15, 0.2) is 11.4 Å². The number of aromatic carboxylic acids is 1. The first-order chi connectivity index (χ1) is 11.5. The summed E-state index contributed by atoms with van der Waals surface area (Å²) in [6, 6.07) is 0. The summed E-state index contributed by atoms with van der Waals surface area (Å²) >= 11 is 0. The normalized spacial score (nSPS) is 18.2. The predicted octanol–water partition coefficient (Wildman–Crippen LogP) is -1.46. The van der Waals surface area contributed by atoms with Crippen LogP contribution in [0, 0.1) is 0 Å². The number of aromatic hydroxyl groups is 1. The maximum atomic E-state index is 12.5. The van der Waals surface area contributed by atoms with Crippen molar-refractivity contribution in [2.45, 2.75) is 0 Å². The van der Waals surface area contributed by atoms with E-state index in [9.17, 15) is 19.5 Å². The third-order valence-corrected chi connectivity index (χ3v) is 4.13. The van der Waals surface area contributed by atoms with Crippen LogP contribution in [-0.2, 0) is 4.74 Å². The summed E-state index contributed by atoms with van der Waals surface area (Å²) in [5, 5.41) is 18.9. The standard InChI is InChI=1S/C14H18N4O6/c19-11-9(14(22)23)7-18-10(12(11)20)13(21)17(8-15-18)2-1-16-3-5-24-6-4-16/h7,15,20H,1-6,8H2,(H,22,23). The van der Waals surface area contributed by atoms with Gasteiger partial charge in [0, 0.05) is 32.4 Å². The molecule has 24 heavy (non-hydrogen) atoms. The van der Waals surface area contributed by atoms with E-state index in [1.807, 2.05) is 0 Å². The van der Waals surface area contributed by atoms with Crippen LogP contribution in [0.15, 0.2) is 11.0 Å². The molecule has 2 aliphatic rings. The number of nitrogens with zero attached hydrogens (tertiary/aromatic N) is 3. The molecule has 0 aromatic carbocycles. The van der Waals surface area contributed by atoms with Crippen LogP contribution in [0.2, 0.25) is 0 Å². The Morgan fingerprint density at radius 2 is 1.96 bits per heavy atom. The summed E-state index contributed by atoms with van der Waals surface area (Å²) in [7, 11) is 0. The average molecular weight is 338 g/mol. The van der Waals surface area contributed by atoms with Gasteiger partial charge in [0.05, 0.1) is 13.2 Å². The lowest BCUT2D eigenvalue weighted by Gasteiger charge is -2.34. The van der Waals surface area contributed by atoms with Gasteiger partial charge in [0.2, 0.25) is 5.43 Å². The van der Waals surface area contributed by atoms with Gasteiger partial charge < -0.3 is 25.3 Å². The summed E-state index contributed by atoms with van der Waals surface area (Å²) in [6.45, 7) is 4.11. The lowest BCUT2D eigenvalue weighted by Crippen LogP contribution is -2.50. The van der Waals surface area contributed by atoms with E-state index in [1.54, 1.807) is 0 Å². The lowest BCUT2D eigenvalue weighted by molar-refractivity contribution is 0.0320. The zero-order valence-corrected chi connectivity index (χ0v) is 12.9. The van der Waals surface area contributed by atoms with Crippen molar-refractivity contribution in [1.82, 2.24) is 14.5 Å². The second-order valence-corrected chi connectivity index (χ2v) is 5.58. The first-order valence-corrected chi connectivity index (χ1v) is 7.54. The van der Waals surface area contributed by atoms with E-state index in [0.29, 0.717) is 26.3 Å². The molecule has 3 heterocycles. The number of carbonyl (C=O) groups excluding carboxylic acids is 1. The van der Waals surface area contributed by atoms with Crippen molar-refractivity contribution in [3.8, 4) is 5.75 Å². The molecular weight excluding hydrogens is 320 g/mol. The van der Waals surface area contributed by atoms with Crippen LogP contribution in [0.4, 0.5) is 0 Å². The molecule has 3 N–H and O–H groups in total. The van der Waals surface area contributed by atoms with E-state index in [0.717, 1.165) is 24.0 Å². The van der Waals surface area contributed by atoms with Crippen molar-refractivity contribution in [2.75, 3.05) is 51.5 Å². The number of carbonyl (C=O) groups is 2. The molecular formula is C14H18N4O6. The fourth-order valence-corrected chi connectivity index (χ4v) is 2.73. The minimum atomic E-state index is -1.46. The molecule has 0 aliphatic carbocycles. The van der Waals surface area contributed by atoms with E-state index in [-0.39, 0.29) is 12.4 Å². The summed E-state index contributed by atoms with van der Waals surface area (Å²) in [5.41, 5.74) is 0.890. The van der Waals surface area contributed by atoms with Crippen LogP contribution < -0.4 is 10.9 Å². The Kier molecular flexibility index (Phi) is 4.40. The van der Waals surface area contributed by atoms with Crippen LogP contribution in [-0.4, -0.2) is 82.6 Å². The van der Waals surface area contributed by atoms with E-state index >= 15 is 0 Å². The molecule has 10 heteroatoms. The van der Waals surface area contributed by atoms with Gasteiger partial charge in [-0.05, 0) is 0 Å². The number of amides is 1. The fourth-order valence-electron chi connectivity index (χ4n) is 2.73. The molecule has 0 unspecified atom stereocenters. The Labute approximate surface area is 136 Å². The van der Waals surface area contributed by atoms with E-state index in [4.69, 9.17) is 9.84 Å². The van der Waals surface area contributed by atoms with Gasteiger partial charge in [-0.15, -0.1) is 0 Å². The SMILES string of the molecule is O=C(O)c1cn2c(c(O)c1=O)C(=O)N(CCN1CCOCC1)CN2. The third-order valence-electron chi connectivity index (χ3n) is 4.13. The number of hydrogen-bond acceptors (Lipinski definition) is 7. The molecule has 3 rings (SSSR count). The number of fused-ring (bicyclic) bond motifs is 1. The van der Waals surface area contributed by atoms with Crippen molar-refractivity contribution >= 4 is 11.9 Å². The minimum absolute atomic E-state index is 0.150. The Bertz CT molecular complexity index is 725. The predicted molar refractivity (Wildman–Crippen MR) is 81.8 cm³/mol. The molecule has 130 valence electrons. The van der Waals surface area contributed by atoms with Gasteiger partial charge in [0.1, 0.15) is 12.2 Å². The summed E-state index contributed by atoms with van der Waals surface area (Å²) in [4.78, 5) is 39.0. The third kappa shape index (κ3) is 2.93. The quantitative estimate of drug-likeness (QED) is 0.608. The molecule has 1 aromatic heterocycles. The number of pyridine rings is 1. The molecule has 0 spiro atoms. The second kappa shape index (κ2) is 6.49.